The Balaban J connectivity index is 1.88. The van der Waals surface area contributed by atoms with Crippen LogP contribution < -0.4 is 0 Å². The highest BCUT2D eigenvalue weighted by Crippen LogP contribution is 2.29. The molecule has 3 rings (SSSR count). The van der Waals surface area contributed by atoms with Crippen molar-refractivity contribution in [3.63, 3.8) is 0 Å². The van der Waals surface area contributed by atoms with Crippen LogP contribution in [0.1, 0.15) is 37.9 Å². The lowest BCUT2D eigenvalue weighted by Gasteiger charge is -2.12. The highest BCUT2D eigenvalue weighted by atomic mass is 35.5. The van der Waals surface area contributed by atoms with Crippen molar-refractivity contribution in [3.05, 3.63) is 29.8 Å². The minimum Gasteiger partial charge on any atom is -0.327 e. The van der Waals surface area contributed by atoms with Crippen LogP contribution in [0.3, 0.4) is 0 Å². The Bertz CT molecular complexity index is 573. The number of imidazole rings is 1. The summed E-state index contributed by atoms with van der Waals surface area (Å²) in [6, 6.07) is 4.74. The number of nitrogens with zero attached hydrogens (tertiary/aromatic N) is 2. The number of fused-ring (bicyclic) bond motifs is 1. The Hall–Kier alpha value is -1.09. The summed E-state index contributed by atoms with van der Waals surface area (Å²) in [4.78, 5) is 4.48. The molecule has 1 aliphatic rings. The van der Waals surface area contributed by atoms with Gasteiger partial charge in [0.15, 0.2) is 0 Å². The summed E-state index contributed by atoms with van der Waals surface area (Å²) in [6.07, 6.45) is 6.51. The monoisotopic (exact) mass is 280 g/mol. The highest BCUT2D eigenvalue weighted by Gasteiger charge is 2.17. The van der Waals surface area contributed by atoms with Crippen LogP contribution in [-0.2, 0) is 12.4 Å². The van der Waals surface area contributed by atoms with Gasteiger partial charge in [-0.2, -0.15) is 0 Å². The van der Waals surface area contributed by atoms with Crippen LogP contribution >= 0.6 is 11.6 Å². The lowest BCUT2D eigenvalue weighted by molar-refractivity contribution is 0.458. The molecule has 0 spiro atoms. The molecule has 0 saturated heterocycles. The maximum atomic E-state index is 13.4. The van der Waals surface area contributed by atoms with Gasteiger partial charge in [0, 0.05) is 6.54 Å². The van der Waals surface area contributed by atoms with Crippen LogP contribution in [0.25, 0.3) is 11.0 Å². The van der Waals surface area contributed by atoms with E-state index >= 15 is 0 Å². The molecule has 1 heterocycles. The van der Waals surface area contributed by atoms with Crippen molar-refractivity contribution < 1.29 is 4.39 Å². The van der Waals surface area contributed by atoms with Crippen molar-refractivity contribution in [2.45, 2.75) is 44.5 Å². The first-order valence-electron chi connectivity index (χ1n) is 6.98. The molecule has 1 fully saturated rings. The van der Waals surface area contributed by atoms with E-state index in [9.17, 15) is 4.39 Å². The molecule has 1 saturated carbocycles. The minimum atomic E-state index is -0.212. The molecule has 0 bridgehead atoms. The fourth-order valence-corrected chi connectivity index (χ4v) is 3.31. The summed E-state index contributed by atoms with van der Waals surface area (Å²) in [5, 5.41) is 0. The second-order valence-corrected chi connectivity index (χ2v) is 5.65. The van der Waals surface area contributed by atoms with Gasteiger partial charge in [0.05, 0.1) is 16.9 Å². The summed E-state index contributed by atoms with van der Waals surface area (Å²) >= 11 is 5.96. The first kappa shape index (κ1) is 12.9. The van der Waals surface area contributed by atoms with Gasteiger partial charge in [-0.15, -0.1) is 11.6 Å². The summed E-state index contributed by atoms with van der Waals surface area (Å²) < 4.78 is 15.5. The first-order chi connectivity index (χ1) is 9.28. The Labute approximate surface area is 117 Å². The lowest BCUT2D eigenvalue weighted by Crippen LogP contribution is -2.06. The van der Waals surface area contributed by atoms with Crippen molar-refractivity contribution in [2.24, 2.45) is 5.92 Å². The maximum absolute atomic E-state index is 13.4. The molecule has 1 aromatic carbocycles. The number of aryl methyl sites for hydroxylation is 1. The number of alkyl halides is 1. The summed E-state index contributed by atoms with van der Waals surface area (Å²) in [7, 11) is 0. The predicted octanol–water partition coefficient (Wildman–Crippen LogP) is 4.49. The molecule has 0 atom stereocenters. The zero-order valence-electron chi connectivity index (χ0n) is 10.9. The van der Waals surface area contributed by atoms with E-state index in [-0.39, 0.29) is 5.82 Å². The summed E-state index contributed by atoms with van der Waals surface area (Å²) in [6.45, 7) is 0.896. The van der Waals surface area contributed by atoms with Gasteiger partial charge in [0.25, 0.3) is 0 Å². The summed E-state index contributed by atoms with van der Waals surface area (Å²) in [5.74, 6) is 1.83. The highest BCUT2D eigenvalue weighted by molar-refractivity contribution is 6.16. The van der Waals surface area contributed by atoms with Gasteiger partial charge < -0.3 is 4.57 Å². The van der Waals surface area contributed by atoms with E-state index < -0.39 is 0 Å². The van der Waals surface area contributed by atoms with Crippen LogP contribution in [0.5, 0.6) is 0 Å². The molecule has 102 valence electrons. The zero-order chi connectivity index (χ0) is 13.2. The fourth-order valence-electron chi connectivity index (χ4n) is 3.11. The van der Waals surface area contributed by atoms with E-state index in [1.807, 2.05) is 0 Å². The Kier molecular flexibility index (Phi) is 3.74. The van der Waals surface area contributed by atoms with E-state index in [0.29, 0.717) is 5.88 Å². The quantitative estimate of drug-likeness (QED) is 0.754. The van der Waals surface area contributed by atoms with Crippen molar-refractivity contribution in [2.75, 3.05) is 0 Å². The van der Waals surface area contributed by atoms with E-state index in [1.54, 1.807) is 12.1 Å². The topological polar surface area (TPSA) is 17.8 Å². The minimum absolute atomic E-state index is 0.212. The standard InChI is InChI=1S/C15H18ClFN2/c16-10-15-18-13-6-5-12(17)9-14(13)19(15)8-7-11-3-1-2-4-11/h5-6,9,11H,1-4,7-8,10H2. The van der Waals surface area contributed by atoms with Gasteiger partial charge in [0.2, 0.25) is 0 Å². The molecule has 1 aromatic heterocycles. The Morgan fingerprint density at radius 2 is 2.11 bits per heavy atom. The first-order valence-corrected chi connectivity index (χ1v) is 7.52. The molecule has 1 aliphatic carbocycles. The van der Waals surface area contributed by atoms with Crippen LogP contribution in [0.2, 0.25) is 0 Å². The number of hydrogen-bond acceptors (Lipinski definition) is 1. The average Bonchev–Trinajstić information content (AvgIpc) is 3.03. The van der Waals surface area contributed by atoms with Gasteiger partial charge in [-0.25, -0.2) is 9.37 Å². The van der Waals surface area contributed by atoms with Gasteiger partial charge in [-0.05, 0) is 30.5 Å². The van der Waals surface area contributed by atoms with Crippen LogP contribution in [0.15, 0.2) is 18.2 Å². The van der Waals surface area contributed by atoms with Crippen molar-refractivity contribution >= 4 is 22.6 Å². The van der Waals surface area contributed by atoms with E-state index in [4.69, 9.17) is 11.6 Å². The number of rotatable bonds is 4. The molecule has 0 amide bonds. The smallest absolute Gasteiger partial charge is 0.125 e. The van der Waals surface area contributed by atoms with Gasteiger partial charge >= 0.3 is 0 Å². The predicted molar refractivity (Wildman–Crippen MR) is 75.8 cm³/mol. The molecule has 0 N–H and O–H groups in total. The van der Waals surface area contributed by atoms with Gasteiger partial charge in [-0.1, -0.05) is 25.7 Å². The second kappa shape index (κ2) is 5.49. The van der Waals surface area contributed by atoms with Crippen molar-refractivity contribution in [1.82, 2.24) is 9.55 Å². The molecular weight excluding hydrogens is 263 g/mol. The van der Waals surface area contributed by atoms with Crippen molar-refractivity contribution in [1.29, 1.82) is 0 Å². The molecule has 0 aliphatic heterocycles. The molecular formula is C15H18ClFN2. The van der Waals surface area contributed by atoms with Gasteiger partial charge in [0.1, 0.15) is 11.6 Å². The third kappa shape index (κ3) is 2.62. The second-order valence-electron chi connectivity index (χ2n) is 5.39. The third-order valence-corrected chi connectivity index (χ3v) is 4.38. The largest absolute Gasteiger partial charge is 0.327 e. The lowest BCUT2D eigenvalue weighted by atomic mass is 10.0. The number of benzene rings is 1. The summed E-state index contributed by atoms with van der Waals surface area (Å²) in [5.41, 5.74) is 1.71. The van der Waals surface area contributed by atoms with Crippen LogP contribution in [-0.4, -0.2) is 9.55 Å². The maximum Gasteiger partial charge on any atom is 0.125 e. The molecule has 2 aromatic rings. The molecule has 0 radical (unpaired) electrons. The van der Waals surface area contributed by atoms with Crippen LogP contribution in [0.4, 0.5) is 4.39 Å². The van der Waals surface area contributed by atoms with Crippen LogP contribution in [0, 0.1) is 11.7 Å². The van der Waals surface area contributed by atoms with Gasteiger partial charge in [-0.3, -0.25) is 0 Å². The normalized spacial score (nSPS) is 16.5. The molecule has 19 heavy (non-hydrogen) atoms. The third-order valence-electron chi connectivity index (χ3n) is 4.14. The Morgan fingerprint density at radius 1 is 1.32 bits per heavy atom. The number of halogens is 2. The average molecular weight is 281 g/mol. The fraction of sp³-hybridized carbons (Fsp3) is 0.533. The Morgan fingerprint density at radius 3 is 2.84 bits per heavy atom. The zero-order valence-corrected chi connectivity index (χ0v) is 11.7. The molecule has 0 unspecified atom stereocenters. The number of hydrogen-bond donors (Lipinski definition) is 0. The number of aromatic nitrogens is 2. The van der Waals surface area contributed by atoms with E-state index in [0.717, 1.165) is 35.7 Å². The SMILES string of the molecule is Fc1ccc2nc(CCl)n(CCC3CCCC3)c2c1. The van der Waals surface area contributed by atoms with Crippen molar-refractivity contribution in [3.8, 4) is 0 Å². The molecule has 2 nitrogen and oxygen atoms in total. The van der Waals surface area contributed by atoms with E-state index in [1.165, 1.54) is 31.7 Å². The van der Waals surface area contributed by atoms with E-state index in [2.05, 4.69) is 9.55 Å². The molecule has 4 heteroatoms.